The SMILES string of the molecule is CCNC(=NCc1cccc(COCC(F)(F)F)c1)NC1CCN(c2ccccn2)CC1. The molecule has 1 aromatic carbocycles. The monoisotopic (exact) mass is 449 g/mol. The Morgan fingerprint density at radius 2 is 1.94 bits per heavy atom. The number of aliphatic imine (C=N–C) groups is 1. The standard InChI is InChI=1S/C23H30F3N5O/c1-2-27-22(30-20-9-12-31(13-10-20)21-8-3-4-11-28-21)29-15-18-6-5-7-19(14-18)16-32-17-23(24,25)26/h3-8,11,14,20H,2,9-10,12-13,15-17H2,1H3,(H2,27,29,30). The third-order valence-electron chi connectivity index (χ3n) is 5.10. The molecule has 0 radical (unpaired) electrons. The van der Waals surface area contributed by atoms with Crippen LogP contribution in [0, 0.1) is 0 Å². The van der Waals surface area contributed by atoms with Gasteiger partial charge in [-0.05, 0) is 43.0 Å². The first-order valence-corrected chi connectivity index (χ1v) is 10.9. The third-order valence-corrected chi connectivity index (χ3v) is 5.10. The predicted molar refractivity (Wildman–Crippen MR) is 120 cm³/mol. The van der Waals surface area contributed by atoms with Gasteiger partial charge in [0, 0.05) is 31.9 Å². The molecule has 174 valence electrons. The summed E-state index contributed by atoms with van der Waals surface area (Å²) in [4.78, 5) is 11.4. The molecule has 0 unspecified atom stereocenters. The van der Waals surface area contributed by atoms with Crippen LogP contribution in [0.2, 0.25) is 0 Å². The Morgan fingerprint density at radius 3 is 2.62 bits per heavy atom. The summed E-state index contributed by atoms with van der Waals surface area (Å²) in [6.45, 7) is 3.70. The fraction of sp³-hybridized carbons (Fsp3) is 0.478. The first-order valence-electron chi connectivity index (χ1n) is 10.9. The van der Waals surface area contributed by atoms with Gasteiger partial charge in [-0.1, -0.05) is 30.3 Å². The van der Waals surface area contributed by atoms with Gasteiger partial charge in [-0.3, -0.25) is 0 Å². The summed E-state index contributed by atoms with van der Waals surface area (Å²) in [5.41, 5.74) is 1.61. The highest BCUT2D eigenvalue weighted by Crippen LogP contribution is 2.18. The van der Waals surface area contributed by atoms with Crippen LogP contribution in [0.1, 0.15) is 30.9 Å². The highest BCUT2D eigenvalue weighted by molar-refractivity contribution is 5.80. The zero-order valence-corrected chi connectivity index (χ0v) is 18.2. The molecule has 6 nitrogen and oxygen atoms in total. The molecule has 0 bridgehead atoms. The number of alkyl halides is 3. The first kappa shape index (κ1) is 23.8. The number of hydrogen-bond donors (Lipinski definition) is 2. The van der Waals surface area contributed by atoms with E-state index >= 15 is 0 Å². The predicted octanol–water partition coefficient (Wildman–Crippen LogP) is 3.88. The zero-order chi connectivity index (χ0) is 22.8. The molecule has 32 heavy (non-hydrogen) atoms. The smallest absolute Gasteiger partial charge is 0.367 e. The summed E-state index contributed by atoms with van der Waals surface area (Å²) in [5, 5.41) is 6.78. The van der Waals surface area contributed by atoms with Crippen LogP contribution in [0.4, 0.5) is 19.0 Å². The summed E-state index contributed by atoms with van der Waals surface area (Å²) in [6, 6.07) is 13.6. The van der Waals surface area contributed by atoms with Gasteiger partial charge in [0.25, 0.3) is 0 Å². The van der Waals surface area contributed by atoms with E-state index in [9.17, 15) is 13.2 Å². The number of aromatic nitrogens is 1. The molecule has 9 heteroatoms. The number of nitrogens with one attached hydrogen (secondary N) is 2. The number of halogens is 3. The van der Waals surface area contributed by atoms with E-state index in [0.29, 0.717) is 18.2 Å². The molecule has 2 N–H and O–H groups in total. The van der Waals surface area contributed by atoms with Crippen molar-refractivity contribution in [1.82, 2.24) is 15.6 Å². The number of nitrogens with zero attached hydrogens (tertiary/aromatic N) is 3. The van der Waals surface area contributed by atoms with E-state index in [4.69, 9.17) is 4.74 Å². The Balaban J connectivity index is 1.51. The Kier molecular flexibility index (Phi) is 8.72. The van der Waals surface area contributed by atoms with Crippen molar-refractivity contribution in [2.24, 2.45) is 4.99 Å². The molecule has 0 amide bonds. The number of pyridine rings is 1. The van der Waals surface area contributed by atoms with E-state index in [1.54, 1.807) is 6.07 Å². The van der Waals surface area contributed by atoms with Gasteiger partial charge in [-0.25, -0.2) is 9.98 Å². The molecule has 0 spiro atoms. The summed E-state index contributed by atoms with van der Waals surface area (Å²) in [5.74, 6) is 1.74. The van der Waals surface area contributed by atoms with Crippen LogP contribution >= 0.6 is 0 Å². The Labute approximate surface area is 186 Å². The molecule has 1 fully saturated rings. The minimum atomic E-state index is -4.32. The molecule has 2 heterocycles. The van der Waals surface area contributed by atoms with Crippen molar-refractivity contribution in [1.29, 1.82) is 0 Å². The van der Waals surface area contributed by atoms with E-state index in [1.165, 1.54) is 0 Å². The van der Waals surface area contributed by atoms with Gasteiger partial charge in [0.1, 0.15) is 12.4 Å². The van der Waals surface area contributed by atoms with Crippen molar-refractivity contribution < 1.29 is 17.9 Å². The minimum absolute atomic E-state index is 0.0791. The van der Waals surface area contributed by atoms with Crippen LogP contribution in [-0.2, 0) is 17.9 Å². The normalized spacial score (nSPS) is 15.6. The highest BCUT2D eigenvalue weighted by atomic mass is 19.4. The lowest BCUT2D eigenvalue weighted by Gasteiger charge is -2.33. The molecular formula is C23H30F3N5O. The van der Waals surface area contributed by atoms with Crippen molar-refractivity contribution in [3.8, 4) is 0 Å². The van der Waals surface area contributed by atoms with Crippen molar-refractivity contribution in [3.05, 3.63) is 59.8 Å². The number of benzene rings is 1. The zero-order valence-electron chi connectivity index (χ0n) is 18.2. The lowest BCUT2D eigenvalue weighted by atomic mass is 10.1. The summed E-state index contributed by atoms with van der Waals surface area (Å²) < 4.78 is 41.5. The molecule has 2 aromatic rings. The van der Waals surface area contributed by atoms with Gasteiger partial charge in [0.05, 0.1) is 13.2 Å². The average Bonchev–Trinajstić information content (AvgIpc) is 2.78. The largest absolute Gasteiger partial charge is 0.411 e. The number of rotatable bonds is 8. The molecular weight excluding hydrogens is 419 g/mol. The molecule has 1 saturated heterocycles. The quantitative estimate of drug-likeness (QED) is 0.473. The van der Waals surface area contributed by atoms with Gasteiger partial charge < -0.3 is 20.3 Å². The van der Waals surface area contributed by atoms with Crippen molar-refractivity contribution in [2.45, 2.75) is 45.1 Å². The lowest BCUT2D eigenvalue weighted by Crippen LogP contribution is -2.48. The van der Waals surface area contributed by atoms with E-state index in [-0.39, 0.29) is 6.61 Å². The molecule has 1 aliphatic heterocycles. The van der Waals surface area contributed by atoms with E-state index in [2.05, 4.69) is 25.5 Å². The number of guanidine groups is 1. The second kappa shape index (κ2) is 11.7. The van der Waals surface area contributed by atoms with Crippen molar-refractivity contribution >= 4 is 11.8 Å². The maximum absolute atomic E-state index is 12.3. The number of ether oxygens (including phenoxy) is 1. The summed E-state index contributed by atoms with van der Waals surface area (Å²) >= 11 is 0. The molecule has 1 aromatic heterocycles. The number of piperidine rings is 1. The van der Waals surface area contributed by atoms with Gasteiger partial charge in [-0.15, -0.1) is 0 Å². The van der Waals surface area contributed by atoms with Crippen LogP contribution in [-0.4, -0.2) is 49.4 Å². The average molecular weight is 450 g/mol. The second-order valence-corrected chi connectivity index (χ2v) is 7.72. The minimum Gasteiger partial charge on any atom is -0.367 e. The van der Waals surface area contributed by atoms with E-state index < -0.39 is 12.8 Å². The fourth-order valence-corrected chi connectivity index (χ4v) is 3.58. The third kappa shape index (κ3) is 8.03. The van der Waals surface area contributed by atoms with Crippen LogP contribution in [0.3, 0.4) is 0 Å². The molecule has 1 aliphatic rings. The Bertz CT molecular complexity index is 852. The first-order chi connectivity index (χ1) is 15.4. The molecule has 0 saturated carbocycles. The van der Waals surface area contributed by atoms with Gasteiger partial charge >= 0.3 is 6.18 Å². The molecule has 0 aliphatic carbocycles. The molecule has 0 atom stereocenters. The van der Waals surface area contributed by atoms with Gasteiger partial charge in [0.2, 0.25) is 0 Å². The summed E-state index contributed by atoms with van der Waals surface area (Å²) in [7, 11) is 0. The maximum atomic E-state index is 12.3. The maximum Gasteiger partial charge on any atom is 0.411 e. The lowest BCUT2D eigenvalue weighted by molar-refractivity contribution is -0.176. The van der Waals surface area contributed by atoms with Crippen LogP contribution in [0.25, 0.3) is 0 Å². The van der Waals surface area contributed by atoms with Gasteiger partial charge in [-0.2, -0.15) is 13.2 Å². The second-order valence-electron chi connectivity index (χ2n) is 7.72. The Hall–Kier alpha value is -2.81. The van der Waals surface area contributed by atoms with Crippen molar-refractivity contribution in [3.63, 3.8) is 0 Å². The highest BCUT2D eigenvalue weighted by Gasteiger charge is 2.27. The summed E-state index contributed by atoms with van der Waals surface area (Å²) in [6.07, 6.45) is -0.546. The van der Waals surface area contributed by atoms with Crippen LogP contribution in [0.15, 0.2) is 53.7 Å². The van der Waals surface area contributed by atoms with Gasteiger partial charge in [0.15, 0.2) is 5.96 Å². The van der Waals surface area contributed by atoms with Crippen LogP contribution < -0.4 is 15.5 Å². The van der Waals surface area contributed by atoms with E-state index in [1.807, 2.05) is 49.5 Å². The fourth-order valence-electron chi connectivity index (χ4n) is 3.58. The number of anilines is 1. The molecule has 3 rings (SSSR count). The number of hydrogen-bond acceptors (Lipinski definition) is 4. The van der Waals surface area contributed by atoms with Crippen LogP contribution in [0.5, 0.6) is 0 Å². The van der Waals surface area contributed by atoms with Crippen molar-refractivity contribution in [2.75, 3.05) is 31.1 Å². The Morgan fingerprint density at radius 1 is 1.16 bits per heavy atom. The van der Waals surface area contributed by atoms with E-state index in [0.717, 1.165) is 49.8 Å². The topological polar surface area (TPSA) is 61.8 Å².